The quantitative estimate of drug-likeness (QED) is 0.350. The van der Waals surface area contributed by atoms with Crippen LogP contribution in [-0.4, -0.2) is 18.6 Å². The maximum atomic E-state index is 11.1. The van der Waals surface area contributed by atoms with Gasteiger partial charge in [-0.3, -0.25) is 10.6 Å². The average molecular weight is 160 g/mol. The fourth-order valence-corrected chi connectivity index (χ4v) is 0.958. The predicted molar refractivity (Wildman–Crippen MR) is 42.7 cm³/mol. The molecule has 0 aromatic heterocycles. The fourth-order valence-electron chi connectivity index (χ4n) is 0.958. The molecule has 0 bridgehead atoms. The van der Waals surface area contributed by atoms with Crippen LogP contribution in [0, 0.1) is 0 Å². The predicted octanol–water partition coefficient (Wildman–Crippen LogP) is 0.182. The molecular weight excluding hydrogens is 144 g/mol. The van der Waals surface area contributed by atoms with Crippen LogP contribution in [0.25, 0.3) is 0 Å². The molecule has 1 unspecified atom stereocenters. The number of esters is 1. The Labute approximate surface area is 67.1 Å². The van der Waals surface area contributed by atoms with Crippen LogP contribution < -0.4 is 11.3 Å². The third-order valence-corrected chi connectivity index (χ3v) is 1.70. The molecule has 0 saturated heterocycles. The van der Waals surface area contributed by atoms with Crippen LogP contribution in [0.1, 0.15) is 26.7 Å². The van der Waals surface area contributed by atoms with E-state index < -0.39 is 5.54 Å². The van der Waals surface area contributed by atoms with Gasteiger partial charge in [0, 0.05) is 0 Å². The van der Waals surface area contributed by atoms with Gasteiger partial charge >= 0.3 is 5.97 Å². The largest absolute Gasteiger partial charge is 0.468 e. The Morgan fingerprint density at radius 2 is 2.27 bits per heavy atom. The minimum Gasteiger partial charge on any atom is -0.468 e. The summed E-state index contributed by atoms with van der Waals surface area (Å²) in [4.78, 5) is 11.1. The summed E-state index contributed by atoms with van der Waals surface area (Å²) >= 11 is 0. The number of nitrogens with two attached hydrogens (primary N) is 1. The molecular formula is C7H16N2O2. The highest BCUT2D eigenvalue weighted by molar-refractivity contribution is 5.80. The van der Waals surface area contributed by atoms with Gasteiger partial charge in [-0.15, -0.1) is 0 Å². The molecule has 3 N–H and O–H groups in total. The molecule has 0 saturated carbocycles. The van der Waals surface area contributed by atoms with E-state index in [-0.39, 0.29) is 5.97 Å². The molecule has 11 heavy (non-hydrogen) atoms. The van der Waals surface area contributed by atoms with Crippen molar-refractivity contribution in [3.8, 4) is 0 Å². The second-order valence-electron chi connectivity index (χ2n) is 2.72. The molecule has 0 radical (unpaired) electrons. The zero-order valence-electron chi connectivity index (χ0n) is 7.31. The Hall–Kier alpha value is -0.610. The first-order chi connectivity index (χ1) is 5.10. The zero-order valence-corrected chi connectivity index (χ0v) is 7.31. The first-order valence-electron chi connectivity index (χ1n) is 3.67. The van der Waals surface area contributed by atoms with Crippen LogP contribution in [0.5, 0.6) is 0 Å². The van der Waals surface area contributed by atoms with Gasteiger partial charge < -0.3 is 4.74 Å². The van der Waals surface area contributed by atoms with Crippen molar-refractivity contribution < 1.29 is 9.53 Å². The van der Waals surface area contributed by atoms with Crippen molar-refractivity contribution in [3.63, 3.8) is 0 Å². The summed E-state index contributed by atoms with van der Waals surface area (Å²) in [5.41, 5.74) is 1.72. The van der Waals surface area contributed by atoms with Crippen molar-refractivity contribution in [2.75, 3.05) is 7.11 Å². The van der Waals surface area contributed by atoms with E-state index in [0.717, 1.165) is 6.42 Å². The Bertz CT molecular complexity index is 138. The van der Waals surface area contributed by atoms with Gasteiger partial charge in [0.15, 0.2) is 0 Å². The van der Waals surface area contributed by atoms with Gasteiger partial charge in [0.25, 0.3) is 0 Å². The highest BCUT2D eigenvalue weighted by atomic mass is 16.5. The lowest BCUT2D eigenvalue weighted by Gasteiger charge is -2.24. The molecule has 0 heterocycles. The highest BCUT2D eigenvalue weighted by Crippen LogP contribution is 2.12. The van der Waals surface area contributed by atoms with E-state index in [0.29, 0.717) is 6.42 Å². The summed E-state index contributed by atoms with van der Waals surface area (Å²) in [6, 6.07) is 0. The summed E-state index contributed by atoms with van der Waals surface area (Å²) < 4.78 is 4.58. The van der Waals surface area contributed by atoms with E-state index in [2.05, 4.69) is 10.2 Å². The van der Waals surface area contributed by atoms with Crippen molar-refractivity contribution in [3.05, 3.63) is 0 Å². The molecule has 0 amide bonds. The Morgan fingerprint density at radius 3 is 2.55 bits per heavy atom. The normalized spacial score (nSPS) is 15.6. The molecule has 0 fully saturated rings. The summed E-state index contributed by atoms with van der Waals surface area (Å²) in [6.07, 6.45) is 1.56. The van der Waals surface area contributed by atoms with Crippen LogP contribution in [0.15, 0.2) is 0 Å². The minimum atomic E-state index is -0.733. The number of hydrogen-bond donors (Lipinski definition) is 2. The SMILES string of the molecule is CCCC(C)(NN)C(=O)OC. The van der Waals surface area contributed by atoms with Crippen molar-refractivity contribution in [2.45, 2.75) is 32.2 Å². The third kappa shape index (κ3) is 2.48. The Balaban J connectivity index is 4.19. The van der Waals surface area contributed by atoms with Gasteiger partial charge in [0.05, 0.1) is 7.11 Å². The topological polar surface area (TPSA) is 64.3 Å². The second-order valence-corrected chi connectivity index (χ2v) is 2.72. The summed E-state index contributed by atoms with van der Waals surface area (Å²) in [5, 5.41) is 0. The first kappa shape index (κ1) is 10.4. The molecule has 4 heteroatoms. The molecule has 0 aliphatic rings. The summed E-state index contributed by atoms with van der Waals surface area (Å²) in [6.45, 7) is 3.71. The molecule has 0 spiro atoms. The van der Waals surface area contributed by atoms with Gasteiger partial charge in [-0.2, -0.15) is 0 Å². The zero-order chi connectivity index (χ0) is 8.91. The molecule has 0 aliphatic heterocycles. The van der Waals surface area contributed by atoms with Crippen LogP contribution in [-0.2, 0) is 9.53 Å². The number of hydrogen-bond acceptors (Lipinski definition) is 4. The minimum absolute atomic E-state index is 0.318. The fraction of sp³-hybridized carbons (Fsp3) is 0.857. The lowest BCUT2D eigenvalue weighted by molar-refractivity contribution is -0.148. The summed E-state index contributed by atoms with van der Waals surface area (Å²) in [5.74, 6) is 4.90. The van der Waals surface area contributed by atoms with Crippen molar-refractivity contribution in [2.24, 2.45) is 5.84 Å². The molecule has 4 nitrogen and oxygen atoms in total. The number of ether oxygens (including phenoxy) is 1. The first-order valence-corrected chi connectivity index (χ1v) is 3.67. The molecule has 0 aromatic carbocycles. The molecule has 0 aliphatic carbocycles. The number of carbonyl (C=O) groups is 1. The monoisotopic (exact) mass is 160 g/mol. The molecule has 0 aromatic rings. The third-order valence-electron chi connectivity index (χ3n) is 1.70. The molecule has 66 valence electrons. The lowest BCUT2D eigenvalue weighted by Crippen LogP contribution is -2.53. The lowest BCUT2D eigenvalue weighted by atomic mass is 9.97. The number of nitrogens with one attached hydrogen (secondary N) is 1. The number of hydrazine groups is 1. The van der Waals surface area contributed by atoms with E-state index >= 15 is 0 Å². The van der Waals surface area contributed by atoms with Crippen molar-refractivity contribution >= 4 is 5.97 Å². The van der Waals surface area contributed by atoms with Crippen LogP contribution >= 0.6 is 0 Å². The van der Waals surface area contributed by atoms with Gasteiger partial charge in [-0.25, -0.2) is 5.43 Å². The Kier molecular flexibility index (Phi) is 4.07. The van der Waals surface area contributed by atoms with E-state index in [9.17, 15) is 4.79 Å². The van der Waals surface area contributed by atoms with Crippen LogP contribution in [0.4, 0.5) is 0 Å². The number of rotatable bonds is 4. The van der Waals surface area contributed by atoms with Gasteiger partial charge in [0.2, 0.25) is 0 Å². The van der Waals surface area contributed by atoms with E-state index in [1.165, 1.54) is 7.11 Å². The molecule has 1 atom stereocenters. The van der Waals surface area contributed by atoms with E-state index in [1.807, 2.05) is 6.92 Å². The Morgan fingerprint density at radius 1 is 1.73 bits per heavy atom. The average Bonchev–Trinajstić information content (AvgIpc) is 2.03. The summed E-state index contributed by atoms with van der Waals surface area (Å²) in [7, 11) is 1.35. The van der Waals surface area contributed by atoms with Gasteiger partial charge in [-0.1, -0.05) is 13.3 Å². The van der Waals surface area contributed by atoms with Gasteiger partial charge in [0.1, 0.15) is 5.54 Å². The maximum Gasteiger partial charge on any atom is 0.327 e. The molecule has 0 rings (SSSR count). The second kappa shape index (κ2) is 4.31. The van der Waals surface area contributed by atoms with Crippen LogP contribution in [0.3, 0.4) is 0 Å². The van der Waals surface area contributed by atoms with Crippen LogP contribution in [0.2, 0.25) is 0 Å². The maximum absolute atomic E-state index is 11.1. The van der Waals surface area contributed by atoms with Gasteiger partial charge in [-0.05, 0) is 13.3 Å². The smallest absolute Gasteiger partial charge is 0.327 e. The highest BCUT2D eigenvalue weighted by Gasteiger charge is 2.31. The van der Waals surface area contributed by atoms with E-state index in [4.69, 9.17) is 5.84 Å². The van der Waals surface area contributed by atoms with Crippen molar-refractivity contribution in [1.82, 2.24) is 5.43 Å². The number of methoxy groups -OCH3 is 1. The number of carbonyl (C=O) groups excluding carboxylic acids is 1. The van der Waals surface area contributed by atoms with Crippen molar-refractivity contribution in [1.29, 1.82) is 0 Å². The standard InChI is InChI=1S/C7H16N2O2/c1-4-5-7(2,9-8)6(10)11-3/h9H,4-5,8H2,1-3H3. The van der Waals surface area contributed by atoms with E-state index in [1.54, 1.807) is 6.92 Å².